The third kappa shape index (κ3) is 3.89. The van der Waals surface area contributed by atoms with Crippen LogP contribution in [0, 0.1) is 5.82 Å². The van der Waals surface area contributed by atoms with Gasteiger partial charge in [0.15, 0.2) is 0 Å². The molecular formula is C14H10ClFN2O. The third-order valence-electron chi connectivity index (χ3n) is 2.29. The zero-order valence-electron chi connectivity index (χ0n) is 9.81. The van der Waals surface area contributed by atoms with Gasteiger partial charge in [0.25, 0.3) is 0 Å². The molecule has 0 aliphatic heterocycles. The van der Waals surface area contributed by atoms with Crippen molar-refractivity contribution < 1.29 is 9.18 Å². The van der Waals surface area contributed by atoms with Crippen molar-refractivity contribution in [2.24, 2.45) is 0 Å². The van der Waals surface area contributed by atoms with Crippen LogP contribution in [0.25, 0.3) is 6.08 Å². The minimum atomic E-state index is -0.477. The molecule has 1 heterocycles. The van der Waals surface area contributed by atoms with Crippen molar-refractivity contribution in [2.75, 3.05) is 5.32 Å². The molecule has 0 spiro atoms. The highest BCUT2D eigenvalue weighted by molar-refractivity contribution is 6.30. The zero-order chi connectivity index (χ0) is 13.7. The van der Waals surface area contributed by atoms with E-state index in [1.807, 2.05) is 0 Å². The Morgan fingerprint density at radius 2 is 2.16 bits per heavy atom. The molecule has 1 aromatic carbocycles. The van der Waals surface area contributed by atoms with Crippen LogP contribution in [-0.2, 0) is 4.79 Å². The van der Waals surface area contributed by atoms with E-state index in [0.29, 0.717) is 16.4 Å². The lowest BCUT2D eigenvalue weighted by molar-refractivity contribution is -0.111. The first-order valence-electron chi connectivity index (χ1n) is 5.50. The van der Waals surface area contributed by atoms with Crippen LogP contribution in [0.5, 0.6) is 0 Å². The number of carbonyl (C=O) groups excluding carboxylic acids is 1. The molecule has 1 aromatic heterocycles. The Morgan fingerprint density at radius 3 is 2.84 bits per heavy atom. The fourth-order valence-electron chi connectivity index (χ4n) is 1.41. The molecule has 0 bridgehead atoms. The number of pyridine rings is 1. The summed E-state index contributed by atoms with van der Waals surface area (Å²) in [5.74, 6) is -0.420. The van der Waals surface area contributed by atoms with Crippen molar-refractivity contribution in [1.82, 2.24) is 4.98 Å². The van der Waals surface area contributed by atoms with Gasteiger partial charge in [-0.05, 0) is 30.3 Å². The van der Waals surface area contributed by atoms with Gasteiger partial charge in [-0.25, -0.2) is 9.37 Å². The van der Waals surface area contributed by atoms with Crippen molar-refractivity contribution in [3.63, 3.8) is 0 Å². The van der Waals surface area contributed by atoms with Gasteiger partial charge in [-0.1, -0.05) is 23.7 Å². The topological polar surface area (TPSA) is 42.0 Å². The van der Waals surface area contributed by atoms with E-state index in [2.05, 4.69) is 10.3 Å². The number of nitrogens with one attached hydrogen (secondary N) is 1. The highest BCUT2D eigenvalue weighted by atomic mass is 35.5. The Morgan fingerprint density at radius 1 is 1.32 bits per heavy atom. The van der Waals surface area contributed by atoms with Gasteiger partial charge < -0.3 is 5.32 Å². The SMILES string of the molecule is O=C(/C=C/c1ccc(Cl)cc1F)Nc1ccccn1. The quantitative estimate of drug-likeness (QED) is 0.872. The fraction of sp³-hybridized carbons (Fsp3) is 0. The van der Waals surface area contributed by atoms with Crippen LogP contribution in [-0.4, -0.2) is 10.9 Å². The number of amides is 1. The van der Waals surface area contributed by atoms with E-state index in [-0.39, 0.29) is 5.91 Å². The molecule has 0 radical (unpaired) electrons. The van der Waals surface area contributed by atoms with Crippen molar-refractivity contribution in [3.05, 3.63) is 65.1 Å². The van der Waals surface area contributed by atoms with Gasteiger partial charge in [0.1, 0.15) is 11.6 Å². The first-order valence-corrected chi connectivity index (χ1v) is 5.88. The number of halogens is 2. The molecule has 0 unspecified atom stereocenters. The lowest BCUT2D eigenvalue weighted by Crippen LogP contribution is -2.08. The molecule has 0 saturated heterocycles. The average Bonchev–Trinajstić information content (AvgIpc) is 2.39. The fourth-order valence-corrected chi connectivity index (χ4v) is 1.57. The summed E-state index contributed by atoms with van der Waals surface area (Å²) >= 11 is 5.64. The van der Waals surface area contributed by atoms with E-state index >= 15 is 0 Å². The Balaban J connectivity index is 2.04. The Bertz CT molecular complexity index is 614. The lowest BCUT2D eigenvalue weighted by atomic mass is 10.2. The normalized spacial score (nSPS) is 10.6. The predicted octanol–water partition coefficient (Wildman–Crippen LogP) is 3.53. The van der Waals surface area contributed by atoms with Crippen LogP contribution < -0.4 is 5.32 Å². The van der Waals surface area contributed by atoms with E-state index < -0.39 is 5.82 Å². The molecule has 0 atom stereocenters. The van der Waals surface area contributed by atoms with Crippen LogP contribution in [0.2, 0.25) is 5.02 Å². The summed E-state index contributed by atoms with van der Waals surface area (Å²) in [7, 11) is 0. The first kappa shape index (κ1) is 13.2. The minimum absolute atomic E-state index is 0.292. The Kier molecular flexibility index (Phi) is 4.26. The van der Waals surface area contributed by atoms with Crippen LogP contribution in [0.4, 0.5) is 10.2 Å². The molecule has 0 aliphatic rings. The van der Waals surface area contributed by atoms with E-state index in [4.69, 9.17) is 11.6 Å². The average molecular weight is 277 g/mol. The molecule has 3 nitrogen and oxygen atoms in total. The van der Waals surface area contributed by atoms with Crippen LogP contribution in [0.3, 0.4) is 0 Å². The monoisotopic (exact) mass is 276 g/mol. The molecule has 0 saturated carbocycles. The van der Waals surface area contributed by atoms with Crippen molar-refractivity contribution in [2.45, 2.75) is 0 Å². The van der Waals surface area contributed by atoms with Gasteiger partial charge >= 0.3 is 0 Å². The van der Waals surface area contributed by atoms with E-state index in [1.54, 1.807) is 30.5 Å². The van der Waals surface area contributed by atoms with Crippen LogP contribution in [0.15, 0.2) is 48.7 Å². The number of rotatable bonds is 3. The molecule has 2 rings (SSSR count). The molecule has 2 aromatic rings. The number of anilines is 1. The van der Waals surface area contributed by atoms with Gasteiger partial charge in [0.05, 0.1) is 0 Å². The molecule has 1 N–H and O–H groups in total. The number of nitrogens with zero attached hydrogens (tertiary/aromatic N) is 1. The van der Waals surface area contributed by atoms with Gasteiger partial charge in [0.2, 0.25) is 5.91 Å². The number of hydrogen-bond donors (Lipinski definition) is 1. The molecule has 0 fully saturated rings. The molecule has 1 amide bonds. The van der Waals surface area contributed by atoms with Gasteiger partial charge in [-0.15, -0.1) is 0 Å². The second-order valence-corrected chi connectivity index (χ2v) is 4.14. The van der Waals surface area contributed by atoms with Crippen molar-refractivity contribution in [3.8, 4) is 0 Å². The van der Waals surface area contributed by atoms with Gasteiger partial charge in [0, 0.05) is 22.9 Å². The molecule has 19 heavy (non-hydrogen) atoms. The number of benzene rings is 1. The summed E-state index contributed by atoms with van der Waals surface area (Å²) in [5.41, 5.74) is 0.292. The second kappa shape index (κ2) is 6.11. The molecule has 5 heteroatoms. The second-order valence-electron chi connectivity index (χ2n) is 3.70. The largest absolute Gasteiger partial charge is 0.307 e. The molecular weight excluding hydrogens is 267 g/mol. The predicted molar refractivity (Wildman–Crippen MR) is 73.3 cm³/mol. The van der Waals surface area contributed by atoms with E-state index in [1.165, 1.54) is 24.3 Å². The Hall–Kier alpha value is -2.20. The highest BCUT2D eigenvalue weighted by Crippen LogP contribution is 2.15. The summed E-state index contributed by atoms with van der Waals surface area (Å²) in [5, 5.41) is 2.87. The van der Waals surface area contributed by atoms with Gasteiger partial charge in [-0.2, -0.15) is 0 Å². The van der Waals surface area contributed by atoms with E-state index in [9.17, 15) is 9.18 Å². The lowest BCUT2D eigenvalue weighted by Gasteiger charge is -2.00. The zero-order valence-corrected chi connectivity index (χ0v) is 10.6. The van der Waals surface area contributed by atoms with Crippen LogP contribution >= 0.6 is 11.6 Å². The standard InChI is InChI=1S/C14H10ClFN2O/c15-11-6-4-10(12(16)9-11)5-7-14(19)18-13-3-1-2-8-17-13/h1-9H,(H,17,18,19)/b7-5+. The maximum atomic E-state index is 13.4. The third-order valence-corrected chi connectivity index (χ3v) is 2.53. The van der Waals surface area contributed by atoms with Crippen molar-refractivity contribution >= 4 is 29.4 Å². The summed E-state index contributed by atoms with van der Waals surface area (Å²) < 4.78 is 13.4. The summed E-state index contributed by atoms with van der Waals surface area (Å²) in [4.78, 5) is 15.5. The van der Waals surface area contributed by atoms with Crippen LogP contribution in [0.1, 0.15) is 5.56 Å². The Labute approximate surface area is 114 Å². The molecule has 96 valence electrons. The van der Waals surface area contributed by atoms with Crippen molar-refractivity contribution in [1.29, 1.82) is 0 Å². The minimum Gasteiger partial charge on any atom is -0.307 e. The molecule has 0 aliphatic carbocycles. The van der Waals surface area contributed by atoms with Gasteiger partial charge in [-0.3, -0.25) is 4.79 Å². The maximum Gasteiger partial charge on any atom is 0.249 e. The number of aromatic nitrogens is 1. The summed E-state index contributed by atoms with van der Waals surface area (Å²) in [6.45, 7) is 0. The highest BCUT2D eigenvalue weighted by Gasteiger charge is 2.01. The number of hydrogen-bond acceptors (Lipinski definition) is 2. The smallest absolute Gasteiger partial charge is 0.249 e. The first-order chi connectivity index (χ1) is 9.15. The van der Waals surface area contributed by atoms with E-state index in [0.717, 1.165) is 0 Å². The number of carbonyl (C=O) groups is 1. The summed E-state index contributed by atoms with van der Waals surface area (Å²) in [6.07, 6.45) is 4.18. The maximum absolute atomic E-state index is 13.4. The summed E-state index contributed by atoms with van der Waals surface area (Å²) in [6, 6.07) is 9.41.